The Balaban J connectivity index is 0. The minimum Gasteiger partial charge on any atom is -0.317 e. The van der Waals surface area contributed by atoms with Crippen LogP contribution >= 0.6 is 0 Å². The third kappa shape index (κ3) is 30.9. The standard InChI is InChI=1S/C4H11N.CHN/c1-3-5-4-2;1-2/h5H,3-4H2,1-2H3;1H. The number of hydrogen-bond donors (Lipinski definition) is 1. The maximum Gasteiger partial charge on any atom is 0.0462 e. The molecule has 0 aromatic carbocycles. The van der Waals surface area contributed by atoms with Gasteiger partial charge in [0.1, 0.15) is 0 Å². The summed E-state index contributed by atoms with van der Waals surface area (Å²) in [6, 6.07) is 0. The molecule has 2 heteroatoms. The fraction of sp³-hybridized carbons (Fsp3) is 0.800. The molecule has 0 aromatic rings. The monoisotopic (exact) mass is 100 g/mol. The van der Waals surface area contributed by atoms with Gasteiger partial charge in [0.05, 0.1) is 0 Å². The lowest BCUT2D eigenvalue weighted by atomic mass is 10.7. The van der Waals surface area contributed by atoms with E-state index in [4.69, 9.17) is 5.26 Å². The Labute approximate surface area is 45.1 Å². The molecule has 0 saturated carbocycles. The Hall–Kier alpha value is -0.550. The van der Waals surface area contributed by atoms with Crippen molar-refractivity contribution in [2.24, 2.45) is 0 Å². The largest absolute Gasteiger partial charge is 0.317 e. The van der Waals surface area contributed by atoms with Crippen molar-refractivity contribution in [1.29, 1.82) is 5.26 Å². The molecule has 0 bridgehead atoms. The number of nitriles is 1. The van der Waals surface area contributed by atoms with Crippen molar-refractivity contribution in [3.8, 4) is 6.57 Å². The fourth-order valence-electron chi connectivity index (χ4n) is 0.250. The van der Waals surface area contributed by atoms with Gasteiger partial charge in [-0.3, -0.25) is 0 Å². The Morgan fingerprint density at radius 3 is 1.57 bits per heavy atom. The van der Waals surface area contributed by atoms with E-state index in [9.17, 15) is 0 Å². The Morgan fingerprint density at radius 1 is 1.29 bits per heavy atom. The van der Waals surface area contributed by atoms with Crippen LogP contribution in [0.3, 0.4) is 0 Å². The molecule has 0 amide bonds. The van der Waals surface area contributed by atoms with E-state index in [-0.39, 0.29) is 0 Å². The van der Waals surface area contributed by atoms with E-state index in [1.165, 1.54) is 0 Å². The number of hydrogen-bond acceptors (Lipinski definition) is 2. The summed E-state index contributed by atoms with van der Waals surface area (Å²) in [6.45, 7) is 9.89. The Bertz CT molecular complexity index is 30.3. The molecule has 7 heavy (non-hydrogen) atoms. The molecule has 0 radical (unpaired) electrons. The molecule has 42 valence electrons. The topological polar surface area (TPSA) is 35.8 Å². The molecule has 0 spiro atoms. The lowest BCUT2D eigenvalue weighted by Gasteiger charge is -1.86. The molecule has 0 aliphatic rings. The molecule has 0 aromatic heterocycles. The molecule has 0 aliphatic carbocycles. The van der Waals surface area contributed by atoms with Gasteiger partial charge in [-0.1, -0.05) is 13.8 Å². The van der Waals surface area contributed by atoms with Crippen LogP contribution in [-0.2, 0) is 0 Å². The van der Waals surface area contributed by atoms with Crippen LogP contribution in [0.15, 0.2) is 0 Å². The highest BCUT2D eigenvalue weighted by atomic mass is 14.8. The van der Waals surface area contributed by atoms with Gasteiger partial charge in [0, 0.05) is 6.57 Å². The summed E-state index contributed by atoms with van der Waals surface area (Å²) in [5.41, 5.74) is 0. The molecule has 0 aliphatic heterocycles. The van der Waals surface area contributed by atoms with Gasteiger partial charge in [-0.2, -0.15) is 0 Å². The van der Waals surface area contributed by atoms with Gasteiger partial charge in [0.15, 0.2) is 0 Å². The summed E-state index contributed by atoms with van der Waals surface area (Å²) in [5.74, 6) is 0. The molecule has 0 unspecified atom stereocenters. The number of nitrogens with zero attached hydrogens (tertiary/aromatic N) is 1. The van der Waals surface area contributed by atoms with Crippen molar-refractivity contribution in [3.63, 3.8) is 0 Å². The molecular formula is C5H12N2. The average Bonchev–Trinajstić information content (AvgIpc) is 1.75. The van der Waals surface area contributed by atoms with Gasteiger partial charge in [-0.25, -0.2) is 5.26 Å². The van der Waals surface area contributed by atoms with E-state index in [0.717, 1.165) is 13.1 Å². The maximum absolute atomic E-state index is 6.50. The van der Waals surface area contributed by atoms with Gasteiger partial charge in [-0.15, -0.1) is 0 Å². The van der Waals surface area contributed by atoms with Crippen molar-refractivity contribution in [3.05, 3.63) is 0 Å². The summed E-state index contributed by atoms with van der Waals surface area (Å²) in [7, 11) is 0. The van der Waals surface area contributed by atoms with Crippen LogP contribution in [0.5, 0.6) is 0 Å². The predicted molar refractivity (Wildman–Crippen MR) is 30.9 cm³/mol. The van der Waals surface area contributed by atoms with Crippen molar-refractivity contribution < 1.29 is 0 Å². The zero-order chi connectivity index (χ0) is 6.12. The highest BCUT2D eigenvalue weighted by Gasteiger charge is 1.62. The van der Waals surface area contributed by atoms with Crippen LogP contribution in [0.1, 0.15) is 13.8 Å². The smallest absolute Gasteiger partial charge is 0.0462 e. The second-order valence-corrected chi connectivity index (χ2v) is 0.957. The molecule has 1 N–H and O–H groups in total. The highest BCUT2D eigenvalue weighted by Crippen LogP contribution is 1.47. The zero-order valence-electron chi connectivity index (χ0n) is 4.94. The van der Waals surface area contributed by atoms with E-state index in [1.807, 2.05) is 0 Å². The first kappa shape index (κ1) is 9.67. The maximum atomic E-state index is 6.50. The predicted octanol–water partition coefficient (Wildman–Crippen LogP) is 0.756. The van der Waals surface area contributed by atoms with Gasteiger partial charge in [-0.05, 0) is 13.1 Å². The molecule has 2 nitrogen and oxygen atoms in total. The van der Waals surface area contributed by atoms with E-state index < -0.39 is 0 Å². The first-order valence-corrected chi connectivity index (χ1v) is 2.38. The first-order valence-electron chi connectivity index (χ1n) is 2.38. The van der Waals surface area contributed by atoms with Crippen LogP contribution < -0.4 is 5.32 Å². The second kappa shape index (κ2) is 18.0. The zero-order valence-corrected chi connectivity index (χ0v) is 4.94. The van der Waals surface area contributed by atoms with Gasteiger partial charge in [0.2, 0.25) is 0 Å². The van der Waals surface area contributed by atoms with Crippen LogP contribution in [0.4, 0.5) is 0 Å². The lowest BCUT2D eigenvalue weighted by molar-refractivity contribution is 0.762. The fourth-order valence-corrected chi connectivity index (χ4v) is 0.250. The van der Waals surface area contributed by atoms with Crippen LogP contribution in [-0.4, -0.2) is 13.1 Å². The van der Waals surface area contributed by atoms with Crippen LogP contribution in [0, 0.1) is 11.8 Å². The minimum absolute atomic E-state index is 1.09. The minimum atomic E-state index is 1.09. The van der Waals surface area contributed by atoms with Crippen molar-refractivity contribution in [2.75, 3.05) is 13.1 Å². The first-order chi connectivity index (χ1) is 3.41. The average molecular weight is 100 g/mol. The molecule has 0 atom stereocenters. The summed E-state index contributed by atoms with van der Waals surface area (Å²) < 4.78 is 0. The number of nitrogens with one attached hydrogen (secondary N) is 1. The molecule has 0 heterocycles. The summed E-state index contributed by atoms with van der Waals surface area (Å²) in [6.07, 6.45) is 0. The molecule has 0 fully saturated rings. The molecule has 0 rings (SSSR count). The summed E-state index contributed by atoms with van der Waals surface area (Å²) in [4.78, 5) is 0. The Kier molecular flexibility index (Phi) is 24.8. The number of rotatable bonds is 2. The molecular weight excluding hydrogens is 88.1 g/mol. The van der Waals surface area contributed by atoms with E-state index in [2.05, 4.69) is 25.7 Å². The normalized spacial score (nSPS) is 6.29. The third-order valence-corrected chi connectivity index (χ3v) is 0.500. The highest BCUT2D eigenvalue weighted by molar-refractivity contribution is 4.27. The van der Waals surface area contributed by atoms with E-state index in [0.29, 0.717) is 0 Å². The van der Waals surface area contributed by atoms with Gasteiger partial charge >= 0.3 is 0 Å². The van der Waals surface area contributed by atoms with Crippen LogP contribution in [0.25, 0.3) is 0 Å². The Morgan fingerprint density at radius 2 is 1.57 bits per heavy atom. The van der Waals surface area contributed by atoms with Gasteiger partial charge < -0.3 is 5.32 Å². The van der Waals surface area contributed by atoms with E-state index in [1.54, 1.807) is 0 Å². The second-order valence-electron chi connectivity index (χ2n) is 0.957. The lowest BCUT2D eigenvalue weighted by Crippen LogP contribution is -2.09. The van der Waals surface area contributed by atoms with Crippen molar-refractivity contribution in [1.82, 2.24) is 5.32 Å². The quantitative estimate of drug-likeness (QED) is 0.556. The van der Waals surface area contributed by atoms with Crippen molar-refractivity contribution in [2.45, 2.75) is 13.8 Å². The molecule has 0 saturated heterocycles. The summed E-state index contributed by atoms with van der Waals surface area (Å²) >= 11 is 0. The van der Waals surface area contributed by atoms with Crippen molar-refractivity contribution >= 4 is 0 Å². The van der Waals surface area contributed by atoms with Gasteiger partial charge in [0.25, 0.3) is 0 Å². The van der Waals surface area contributed by atoms with Crippen LogP contribution in [0.2, 0.25) is 0 Å². The third-order valence-electron chi connectivity index (χ3n) is 0.500. The summed E-state index contributed by atoms with van der Waals surface area (Å²) in [5, 5.41) is 9.61. The van der Waals surface area contributed by atoms with E-state index >= 15 is 0 Å². The SMILES string of the molecule is C#N.CCNCC.